The lowest BCUT2D eigenvalue weighted by atomic mass is 10.1. The number of esters is 2. The first-order chi connectivity index (χ1) is 14.1. The van der Waals surface area contributed by atoms with Crippen LogP contribution in [-0.2, 0) is 19.1 Å². The molecule has 0 fully saturated rings. The molecule has 7 nitrogen and oxygen atoms in total. The zero-order valence-electron chi connectivity index (χ0n) is 17.6. The molecule has 0 saturated carbocycles. The first-order valence-electron chi connectivity index (χ1n) is 10.8. The highest BCUT2D eigenvalue weighted by molar-refractivity contribution is 7.97. The Morgan fingerprint density at radius 1 is 1.17 bits per heavy atom. The number of aliphatic hydroxyl groups excluding tert-OH is 2. The molecule has 1 aliphatic heterocycles. The number of nitrogens with one attached hydrogen (secondary N) is 1. The lowest BCUT2D eigenvalue weighted by Gasteiger charge is -2.20. The maximum atomic E-state index is 12.2. The summed E-state index contributed by atoms with van der Waals surface area (Å²) >= 11 is 1.32. The van der Waals surface area contributed by atoms with E-state index in [9.17, 15) is 14.7 Å². The number of unbranched alkanes of at least 4 members (excludes halogenated alkanes) is 8. The summed E-state index contributed by atoms with van der Waals surface area (Å²) in [7, 11) is 0. The zero-order chi connectivity index (χ0) is 21.3. The van der Waals surface area contributed by atoms with E-state index in [0.29, 0.717) is 25.1 Å². The van der Waals surface area contributed by atoms with Crippen LogP contribution in [0.15, 0.2) is 11.6 Å². The van der Waals surface area contributed by atoms with Crippen LogP contribution in [-0.4, -0.2) is 53.5 Å². The second kappa shape index (κ2) is 16.7. The first-order valence-corrected chi connectivity index (χ1v) is 11.8. The van der Waals surface area contributed by atoms with E-state index in [0.717, 1.165) is 19.3 Å². The molecule has 2 atom stereocenters. The van der Waals surface area contributed by atoms with Crippen LogP contribution in [0.1, 0.15) is 77.6 Å². The zero-order valence-corrected chi connectivity index (χ0v) is 18.4. The third-order valence-corrected chi connectivity index (χ3v) is 5.58. The van der Waals surface area contributed by atoms with Crippen molar-refractivity contribution in [2.24, 2.45) is 0 Å². The number of rotatable bonds is 18. The maximum absolute atomic E-state index is 12.2. The second-order valence-corrected chi connectivity index (χ2v) is 8.18. The Bertz CT molecular complexity index is 500. The molecule has 0 aromatic heterocycles. The Hall–Kier alpha value is -1.09. The molecule has 0 aromatic rings. The Morgan fingerprint density at radius 2 is 1.83 bits per heavy atom. The third-order valence-electron chi connectivity index (χ3n) is 4.70. The van der Waals surface area contributed by atoms with Crippen molar-refractivity contribution >= 4 is 23.9 Å². The van der Waals surface area contributed by atoms with Gasteiger partial charge in [-0.2, -0.15) is 0 Å². The average Bonchev–Trinajstić information content (AvgIpc) is 3.03. The Labute approximate surface area is 178 Å². The van der Waals surface area contributed by atoms with Crippen molar-refractivity contribution in [3.05, 3.63) is 11.6 Å². The maximum Gasteiger partial charge on any atom is 0.333 e. The van der Waals surface area contributed by atoms with Crippen molar-refractivity contribution in [1.29, 1.82) is 0 Å². The summed E-state index contributed by atoms with van der Waals surface area (Å²) in [6.07, 6.45) is 10.6. The molecule has 0 bridgehead atoms. The second-order valence-electron chi connectivity index (χ2n) is 7.27. The fraction of sp³-hybridized carbons (Fsp3) is 0.810. The van der Waals surface area contributed by atoms with E-state index >= 15 is 0 Å². The van der Waals surface area contributed by atoms with Gasteiger partial charge in [0.2, 0.25) is 6.29 Å². The normalized spacial score (nSPS) is 17.1. The minimum absolute atomic E-state index is 0.0942. The van der Waals surface area contributed by atoms with Gasteiger partial charge >= 0.3 is 11.9 Å². The van der Waals surface area contributed by atoms with E-state index in [1.807, 2.05) is 0 Å². The van der Waals surface area contributed by atoms with Crippen LogP contribution in [0.4, 0.5) is 0 Å². The summed E-state index contributed by atoms with van der Waals surface area (Å²) in [4.78, 5) is 23.6. The molecule has 0 amide bonds. The van der Waals surface area contributed by atoms with Gasteiger partial charge < -0.3 is 19.7 Å². The highest BCUT2D eigenvalue weighted by atomic mass is 32.2. The first kappa shape index (κ1) is 25.9. The molecule has 0 aromatic carbocycles. The van der Waals surface area contributed by atoms with Crippen molar-refractivity contribution in [2.45, 2.75) is 89.9 Å². The monoisotopic (exact) mass is 431 g/mol. The Kier molecular flexibility index (Phi) is 14.9. The van der Waals surface area contributed by atoms with E-state index in [2.05, 4.69) is 11.6 Å². The van der Waals surface area contributed by atoms with Gasteiger partial charge in [-0.1, -0.05) is 70.2 Å². The van der Waals surface area contributed by atoms with Crippen molar-refractivity contribution < 1.29 is 29.3 Å². The van der Waals surface area contributed by atoms with Crippen LogP contribution in [0.2, 0.25) is 0 Å². The van der Waals surface area contributed by atoms with Gasteiger partial charge in [-0.25, -0.2) is 4.79 Å². The molecule has 1 heterocycles. The van der Waals surface area contributed by atoms with E-state index in [1.165, 1.54) is 56.5 Å². The lowest BCUT2D eigenvalue weighted by Crippen LogP contribution is -2.29. The van der Waals surface area contributed by atoms with Crippen LogP contribution >= 0.6 is 11.9 Å². The molecule has 3 N–H and O–H groups in total. The molecular formula is C21H37NO6S. The molecule has 1 aliphatic rings. The highest BCUT2D eigenvalue weighted by Crippen LogP contribution is 2.23. The van der Waals surface area contributed by atoms with Gasteiger partial charge in [-0.05, 0) is 12.8 Å². The Morgan fingerprint density at radius 3 is 2.41 bits per heavy atom. The summed E-state index contributed by atoms with van der Waals surface area (Å²) in [5.74, 6) is -0.624. The predicted octanol–water partition coefficient (Wildman–Crippen LogP) is 3.24. The van der Waals surface area contributed by atoms with E-state index in [1.54, 1.807) is 0 Å². The summed E-state index contributed by atoms with van der Waals surface area (Å²) in [6.45, 7) is 2.92. The van der Waals surface area contributed by atoms with E-state index in [4.69, 9.17) is 14.6 Å². The predicted molar refractivity (Wildman–Crippen MR) is 114 cm³/mol. The largest absolute Gasteiger partial charge is 0.457 e. The minimum Gasteiger partial charge on any atom is -0.457 e. The molecule has 0 radical (unpaired) electrons. The molecular weight excluding hydrogens is 394 g/mol. The quantitative estimate of drug-likeness (QED) is 0.173. The fourth-order valence-electron chi connectivity index (χ4n) is 3.03. The summed E-state index contributed by atoms with van der Waals surface area (Å²) < 4.78 is 13.3. The molecule has 0 spiro atoms. The number of carbonyl (C=O) groups is 2. The number of carbonyl (C=O) groups excluding carboxylic acids is 2. The van der Waals surface area contributed by atoms with Crippen LogP contribution in [0.5, 0.6) is 0 Å². The van der Waals surface area contributed by atoms with Gasteiger partial charge in [0.05, 0.1) is 0 Å². The van der Waals surface area contributed by atoms with Gasteiger partial charge in [0.15, 0.2) is 0 Å². The standard InChI is InChI=1S/C21H37NO6S/c1-2-3-4-5-6-7-8-9-10-12-19(24)27-18(16-29-22-13-11-14-23)17-15-20(25)28-21(17)26/h15,18,21-23,26H,2-14,16H2,1H3. The molecule has 8 heteroatoms. The van der Waals surface area contributed by atoms with E-state index < -0.39 is 18.4 Å². The molecule has 29 heavy (non-hydrogen) atoms. The molecule has 1 rings (SSSR count). The van der Waals surface area contributed by atoms with Gasteiger partial charge in [0, 0.05) is 37.0 Å². The summed E-state index contributed by atoms with van der Waals surface area (Å²) in [6, 6.07) is 0. The molecule has 2 unspecified atom stereocenters. The third kappa shape index (κ3) is 12.3. The van der Waals surface area contributed by atoms with Crippen molar-refractivity contribution in [3.8, 4) is 0 Å². The van der Waals surface area contributed by atoms with Crippen LogP contribution in [0.25, 0.3) is 0 Å². The number of hydrogen-bond acceptors (Lipinski definition) is 8. The van der Waals surface area contributed by atoms with Crippen LogP contribution in [0.3, 0.4) is 0 Å². The number of ether oxygens (including phenoxy) is 2. The van der Waals surface area contributed by atoms with E-state index in [-0.39, 0.29) is 18.1 Å². The van der Waals surface area contributed by atoms with Crippen molar-refractivity contribution in [3.63, 3.8) is 0 Å². The average molecular weight is 432 g/mol. The highest BCUT2D eigenvalue weighted by Gasteiger charge is 2.32. The topological polar surface area (TPSA) is 105 Å². The van der Waals surface area contributed by atoms with Crippen molar-refractivity contribution in [2.75, 3.05) is 18.9 Å². The fourth-order valence-corrected chi connectivity index (χ4v) is 3.84. The SMILES string of the molecule is CCCCCCCCCCCC(=O)OC(CSNCCCO)C1=CC(=O)OC1O. The smallest absolute Gasteiger partial charge is 0.333 e. The van der Waals surface area contributed by atoms with Gasteiger partial charge in [0.1, 0.15) is 6.10 Å². The number of cyclic esters (lactones) is 1. The van der Waals surface area contributed by atoms with Gasteiger partial charge in [-0.15, -0.1) is 0 Å². The van der Waals surface area contributed by atoms with Crippen LogP contribution < -0.4 is 4.72 Å². The number of aliphatic hydroxyl groups is 2. The lowest BCUT2D eigenvalue weighted by molar-refractivity contribution is -0.153. The Balaban J connectivity index is 2.29. The van der Waals surface area contributed by atoms with Crippen LogP contribution in [0, 0.1) is 0 Å². The van der Waals surface area contributed by atoms with Gasteiger partial charge in [0.25, 0.3) is 0 Å². The van der Waals surface area contributed by atoms with Gasteiger partial charge in [-0.3, -0.25) is 9.52 Å². The molecule has 168 valence electrons. The summed E-state index contributed by atoms with van der Waals surface area (Å²) in [5.41, 5.74) is 0.270. The molecule has 0 saturated heterocycles. The minimum atomic E-state index is -1.37. The molecule has 0 aliphatic carbocycles. The number of hydrogen-bond donors (Lipinski definition) is 3. The summed E-state index contributed by atoms with van der Waals surface area (Å²) in [5, 5.41) is 18.7. The van der Waals surface area contributed by atoms with Crippen molar-refractivity contribution in [1.82, 2.24) is 4.72 Å².